The van der Waals surface area contributed by atoms with Crippen LogP contribution in [0.3, 0.4) is 0 Å². The van der Waals surface area contributed by atoms with Crippen molar-refractivity contribution in [2.45, 2.75) is 31.4 Å². The largest absolute Gasteiger partial charge is 0.490 e. The Morgan fingerprint density at radius 1 is 1.23 bits per heavy atom. The second-order valence-electron chi connectivity index (χ2n) is 7.27. The summed E-state index contributed by atoms with van der Waals surface area (Å²) in [6, 6.07) is 5.83. The van der Waals surface area contributed by atoms with E-state index in [1.54, 1.807) is 4.90 Å². The number of halogens is 3. The number of imide groups is 1. The zero-order valence-corrected chi connectivity index (χ0v) is 16.7. The van der Waals surface area contributed by atoms with Gasteiger partial charge in [0.2, 0.25) is 5.91 Å². The Kier molecular flexibility index (Phi) is 6.48. The summed E-state index contributed by atoms with van der Waals surface area (Å²) in [5.41, 5.74) is 2.38. The van der Waals surface area contributed by atoms with E-state index in [1.807, 2.05) is 23.9 Å². The van der Waals surface area contributed by atoms with E-state index in [0.29, 0.717) is 24.7 Å². The van der Waals surface area contributed by atoms with Gasteiger partial charge in [-0.3, -0.25) is 19.7 Å². The quantitative estimate of drug-likeness (QED) is 0.658. The number of rotatable bonds is 2. The molecule has 1 aromatic heterocycles. The van der Waals surface area contributed by atoms with E-state index in [2.05, 4.69) is 21.8 Å². The first-order valence-corrected chi connectivity index (χ1v) is 9.67. The number of hydrogen-bond donors (Lipinski definition) is 3. The summed E-state index contributed by atoms with van der Waals surface area (Å²) in [6.07, 6.45) is -2.56. The maximum atomic E-state index is 12.2. The average Bonchev–Trinajstić information content (AvgIpc) is 3.05. The van der Waals surface area contributed by atoms with Crippen LogP contribution in [-0.2, 0) is 16.6 Å². The number of benzene rings is 1. The fourth-order valence-corrected chi connectivity index (χ4v) is 3.78. The zero-order valence-electron chi connectivity index (χ0n) is 16.7. The number of nitrogens with zero attached hydrogens (tertiary/aromatic N) is 3. The third-order valence-corrected chi connectivity index (χ3v) is 5.21. The number of amides is 3. The smallest absolute Gasteiger partial charge is 0.475 e. The molecule has 4 rings (SSSR count). The van der Waals surface area contributed by atoms with Crippen molar-refractivity contribution in [2.75, 3.05) is 24.5 Å². The molecule has 2 aromatic rings. The molecular weight excluding hydrogens is 419 g/mol. The third kappa shape index (κ3) is 4.95. The Morgan fingerprint density at radius 2 is 1.87 bits per heavy atom. The molecule has 0 unspecified atom stereocenters. The van der Waals surface area contributed by atoms with Crippen LogP contribution in [0.25, 0.3) is 10.9 Å². The molecule has 0 bridgehead atoms. The van der Waals surface area contributed by atoms with Crippen molar-refractivity contribution >= 4 is 34.6 Å². The number of carboxylic acid groups (broad SMARTS) is 1. The van der Waals surface area contributed by atoms with Gasteiger partial charge in [0.25, 0.3) is 0 Å². The maximum Gasteiger partial charge on any atom is 0.490 e. The van der Waals surface area contributed by atoms with Crippen LogP contribution >= 0.6 is 0 Å². The van der Waals surface area contributed by atoms with Crippen molar-refractivity contribution < 1.29 is 32.7 Å². The van der Waals surface area contributed by atoms with Crippen molar-refractivity contribution in [3.63, 3.8) is 0 Å². The van der Waals surface area contributed by atoms with Crippen LogP contribution < -0.4 is 15.5 Å². The fourth-order valence-electron chi connectivity index (χ4n) is 3.78. The van der Waals surface area contributed by atoms with Crippen molar-refractivity contribution in [3.8, 4) is 0 Å². The van der Waals surface area contributed by atoms with E-state index in [4.69, 9.17) is 9.90 Å². The number of aromatic nitrogens is 2. The van der Waals surface area contributed by atoms with E-state index in [0.717, 1.165) is 36.8 Å². The van der Waals surface area contributed by atoms with Gasteiger partial charge in [0.1, 0.15) is 0 Å². The highest BCUT2D eigenvalue weighted by Gasteiger charge is 2.38. The summed E-state index contributed by atoms with van der Waals surface area (Å²) in [6.45, 7) is 2.43. The fraction of sp³-hybridized carbons (Fsp3) is 0.474. The van der Waals surface area contributed by atoms with Crippen LogP contribution in [0.2, 0.25) is 0 Å². The van der Waals surface area contributed by atoms with Crippen LogP contribution in [-0.4, -0.2) is 58.6 Å². The van der Waals surface area contributed by atoms with E-state index in [1.165, 1.54) is 5.56 Å². The molecule has 3 N–H and O–H groups in total. The van der Waals surface area contributed by atoms with Gasteiger partial charge < -0.3 is 10.4 Å². The molecule has 3 amide bonds. The predicted molar refractivity (Wildman–Crippen MR) is 105 cm³/mol. The highest BCUT2D eigenvalue weighted by Crippen LogP contribution is 2.35. The Labute approximate surface area is 175 Å². The Balaban J connectivity index is 0.000000339. The Hall–Kier alpha value is -3.15. The molecular formula is C19H22F3N5O4. The van der Waals surface area contributed by atoms with E-state index in [-0.39, 0.29) is 5.91 Å². The molecule has 0 aliphatic carbocycles. The number of anilines is 1. The number of fused-ring (bicyclic) bond motifs is 1. The molecule has 0 atom stereocenters. The molecule has 0 spiro atoms. The Bertz CT molecular complexity index is 998. The van der Waals surface area contributed by atoms with Crippen molar-refractivity contribution in [3.05, 3.63) is 23.8 Å². The highest BCUT2D eigenvalue weighted by atomic mass is 19.4. The summed E-state index contributed by atoms with van der Waals surface area (Å²) in [4.78, 5) is 34.0. The molecule has 2 aliphatic heterocycles. The van der Waals surface area contributed by atoms with Crippen LogP contribution in [0.1, 0.15) is 30.7 Å². The van der Waals surface area contributed by atoms with Crippen LogP contribution in [0.4, 0.5) is 23.8 Å². The molecule has 1 aromatic carbocycles. The van der Waals surface area contributed by atoms with Crippen LogP contribution in [0, 0.1) is 0 Å². The summed E-state index contributed by atoms with van der Waals surface area (Å²) in [7, 11) is 1.92. The number of aryl methyl sites for hydroxylation is 1. The first-order valence-electron chi connectivity index (χ1n) is 9.67. The number of carbonyl (C=O) groups is 3. The average molecular weight is 441 g/mol. The lowest BCUT2D eigenvalue weighted by Gasteiger charge is -2.25. The van der Waals surface area contributed by atoms with Crippen LogP contribution in [0.15, 0.2) is 18.2 Å². The third-order valence-electron chi connectivity index (χ3n) is 5.21. The van der Waals surface area contributed by atoms with Gasteiger partial charge in [0.05, 0.1) is 5.52 Å². The minimum atomic E-state index is -5.08. The number of carboxylic acids is 1. The maximum absolute atomic E-state index is 12.2. The lowest BCUT2D eigenvalue weighted by Crippen LogP contribution is -2.49. The number of para-hydroxylation sites is 1. The van der Waals surface area contributed by atoms with Crippen molar-refractivity contribution in [1.82, 2.24) is 20.4 Å². The van der Waals surface area contributed by atoms with Gasteiger partial charge in [-0.05, 0) is 43.5 Å². The van der Waals surface area contributed by atoms with E-state index in [9.17, 15) is 22.8 Å². The van der Waals surface area contributed by atoms with Gasteiger partial charge in [0, 0.05) is 25.4 Å². The molecule has 9 nitrogen and oxygen atoms in total. The normalized spacial score (nSPS) is 17.9. The molecule has 2 fully saturated rings. The summed E-state index contributed by atoms with van der Waals surface area (Å²) in [5, 5.41) is 18.5. The summed E-state index contributed by atoms with van der Waals surface area (Å²) < 4.78 is 33.6. The van der Waals surface area contributed by atoms with Gasteiger partial charge >= 0.3 is 18.2 Å². The second kappa shape index (κ2) is 8.92. The van der Waals surface area contributed by atoms with Gasteiger partial charge in [-0.25, -0.2) is 9.59 Å². The SMILES string of the molecule is Cn1nc(N2CCC(=O)NC2=O)c2cccc(C3CCNCC3)c21.O=C(O)C(F)(F)F. The molecule has 31 heavy (non-hydrogen) atoms. The first-order chi connectivity index (χ1) is 14.6. The van der Waals surface area contributed by atoms with Crippen LogP contribution in [0.5, 0.6) is 0 Å². The molecule has 3 heterocycles. The monoisotopic (exact) mass is 441 g/mol. The molecule has 168 valence electrons. The van der Waals surface area contributed by atoms with Gasteiger partial charge in [-0.2, -0.15) is 18.3 Å². The number of hydrogen-bond acceptors (Lipinski definition) is 5. The number of urea groups is 1. The zero-order chi connectivity index (χ0) is 22.8. The van der Waals surface area contributed by atoms with Crippen molar-refractivity contribution in [2.24, 2.45) is 7.05 Å². The highest BCUT2D eigenvalue weighted by molar-refractivity contribution is 6.09. The standard InChI is InChI=1S/C17H21N5O2.C2HF3O2/c1-21-15-12(11-5-8-18-9-6-11)3-2-4-13(15)16(20-21)22-10-7-14(23)19-17(22)24;3-2(4,5)1(6)7/h2-4,11,18H,5-10H2,1H3,(H,19,23,24);(H,6,7). The number of piperidine rings is 1. The Morgan fingerprint density at radius 3 is 2.45 bits per heavy atom. The minimum absolute atomic E-state index is 0.230. The van der Waals surface area contributed by atoms with Gasteiger partial charge in [-0.15, -0.1) is 0 Å². The summed E-state index contributed by atoms with van der Waals surface area (Å²) >= 11 is 0. The lowest BCUT2D eigenvalue weighted by atomic mass is 9.89. The lowest BCUT2D eigenvalue weighted by molar-refractivity contribution is -0.192. The molecule has 0 saturated carbocycles. The summed E-state index contributed by atoms with van der Waals surface area (Å²) in [5.74, 6) is -1.84. The molecule has 2 saturated heterocycles. The molecule has 12 heteroatoms. The topological polar surface area (TPSA) is 117 Å². The number of carbonyl (C=O) groups excluding carboxylic acids is 2. The molecule has 0 radical (unpaired) electrons. The van der Waals surface area contributed by atoms with E-state index >= 15 is 0 Å². The molecule has 2 aliphatic rings. The second-order valence-corrected chi connectivity index (χ2v) is 7.27. The minimum Gasteiger partial charge on any atom is -0.475 e. The van der Waals surface area contributed by atoms with Gasteiger partial charge in [-0.1, -0.05) is 12.1 Å². The van der Waals surface area contributed by atoms with E-state index < -0.39 is 18.2 Å². The first kappa shape index (κ1) is 22.5. The van der Waals surface area contributed by atoms with Gasteiger partial charge in [0.15, 0.2) is 5.82 Å². The van der Waals surface area contributed by atoms with Crippen molar-refractivity contribution in [1.29, 1.82) is 0 Å². The number of aliphatic carboxylic acids is 1. The number of nitrogens with one attached hydrogen (secondary N) is 2. The number of alkyl halides is 3. The predicted octanol–water partition coefficient (Wildman–Crippen LogP) is 2.12.